The normalized spacial score (nSPS) is 14.4. The molecule has 1 atom stereocenters. The number of hydrogen-bond acceptors (Lipinski definition) is 5. The van der Waals surface area contributed by atoms with Crippen LogP contribution < -0.4 is 15.9 Å². The lowest BCUT2D eigenvalue weighted by molar-refractivity contribution is -0.925. The van der Waals surface area contributed by atoms with Crippen molar-refractivity contribution in [3.8, 4) is 0 Å². The van der Waals surface area contributed by atoms with Crippen molar-refractivity contribution in [2.75, 3.05) is 45.9 Å². The largest absolute Gasteiger partial charge is 0.756 e. The Kier molecular flexibility index (Phi) is 12.5. The van der Waals surface area contributed by atoms with Crippen LogP contribution in [0, 0.1) is 0 Å². The smallest absolute Gasteiger partial charge is 0.265 e. The molecule has 0 spiro atoms. The van der Waals surface area contributed by atoms with Gasteiger partial charge in [-0.2, -0.15) is 0 Å². The van der Waals surface area contributed by atoms with Crippen molar-refractivity contribution in [1.82, 2.24) is 5.32 Å². The first-order chi connectivity index (χ1) is 11.3. The van der Waals surface area contributed by atoms with Crippen molar-refractivity contribution < 1.29 is 28.2 Å². The van der Waals surface area contributed by atoms with Crippen molar-refractivity contribution in [2.24, 2.45) is 5.73 Å². The number of phosphoric acid groups is 1. The molecule has 0 saturated carbocycles. The molecule has 0 aliphatic heterocycles. The van der Waals surface area contributed by atoms with Crippen LogP contribution in [0.5, 0.6) is 0 Å². The number of phosphoric ester groups is 1. The molecule has 4 N–H and O–H groups in total. The zero-order valence-electron chi connectivity index (χ0n) is 15.0. The van der Waals surface area contributed by atoms with Crippen LogP contribution in [0.2, 0.25) is 0 Å². The van der Waals surface area contributed by atoms with Gasteiger partial charge in [0.15, 0.2) is 0 Å². The lowest BCUT2D eigenvalue weighted by atomic mass is 10.2. The van der Waals surface area contributed by atoms with Gasteiger partial charge in [0.1, 0.15) is 13.2 Å². The Balaban J connectivity index is 4.03. The van der Waals surface area contributed by atoms with Crippen LogP contribution in [-0.2, 0) is 13.9 Å². The van der Waals surface area contributed by atoms with Gasteiger partial charge in [-0.05, 0) is 33.2 Å². The molecule has 1 amide bonds. The van der Waals surface area contributed by atoms with Gasteiger partial charge in [-0.15, -0.1) is 0 Å². The monoisotopic (exact) mass is 367 g/mol. The molecule has 0 saturated heterocycles. The summed E-state index contributed by atoms with van der Waals surface area (Å²) in [6.07, 6.45) is 4.13. The topological polar surface area (TPSA) is 125 Å². The number of rotatable bonds is 15. The Morgan fingerprint density at radius 2 is 1.88 bits per heavy atom. The van der Waals surface area contributed by atoms with Gasteiger partial charge in [0.2, 0.25) is 5.91 Å². The van der Waals surface area contributed by atoms with E-state index in [1.807, 2.05) is 13.8 Å². The number of amides is 1. The molecular weight excluding hydrogens is 333 g/mol. The summed E-state index contributed by atoms with van der Waals surface area (Å²) in [7, 11) is -4.66. The summed E-state index contributed by atoms with van der Waals surface area (Å²) in [4.78, 5) is 31.0. The molecule has 0 bridgehead atoms. The fourth-order valence-corrected chi connectivity index (χ4v) is 2.97. The van der Waals surface area contributed by atoms with Gasteiger partial charge in [-0.3, -0.25) is 9.36 Å². The maximum Gasteiger partial charge on any atom is 0.265 e. The summed E-state index contributed by atoms with van der Waals surface area (Å²) < 4.78 is 15.8. The highest BCUT2D eigenvalue weighted by Crippen LogP contribution is 2.30. The summed E-state index contributed by atoms with van der Waals surface area (Å²) in [5.41, 5.74) is 5.41. The van der Waals surface area contributed by atoms with Gasteiger partial charge in [0.05, 0.1) is 19.6 Å². The summed E-state index contributed by atoms with van der Waals surface area (Å²) in [6, 6.07) is 0. The lowest BCUT2D eigenvalue weighted by Gasteiger charge is -2.37. The van der Waals surface area contributed by atoms with Crippen LogP contribution >= 0.6 is 7.82 Å². The number of hydrogen-bond donors (Lipinski definition) is 3. The fraction of sp³-hybridized carbons (Fsp3) is 0.933. The first kappa shape index (κ1) is 23.5. The number of nitrogens with two attached hydrogens (primary N) is 1. The van der Waals surface area contributed by atoms with Crippen molar-refractivity contribution in [1.29, 1.82) is 0 Å². The first-order valence-corrected chi connectivity index (χ1v) is 10.3. The van der Waals surface area contributed by atoms with E-state index >= 15 is 0 Å². The molecule has 0 aliphatic carbocycles. The lowest BCUT2D eigenvalue weighted by Crippen LogP contribution is -2.51. The molecule has 0 rings (SSSR count). The SMILES string of the molecule is CC[N+](CC)(CCCNC(=O)CCCCCN)CCOP(=O)([O-])O. The second-order valence-electron chi connectivity index (χ2n) is 6.03. The van der Waals surface area contributed by atoms with Crippen molar-refractivity contribution >= 4 is 13.7 Å². The number of carbonyl (C=O) groups is 1. The molecule has 0 fully saturated rings. The minimum Gasteiger partial charge on any atom is -0.756 e. The minimum atomic E-state index is -4.66. The second kappa shape index (κ2) is 12.8. The number of nitrogens with one attached hydrogen (secondary N) is 1. The molecule has 0 heterocycles. The van der Waals surface area contributed by atoms with Gasteiger partial charge in [0, 0.05) is 19.4 Å². The average molecular weight is 367 g/mol. The maximum absolute atomic E-state index is 11.7. The first-order valence-electron chi connectivity index (χ1n) is 8.79. The number of unbranched alkanes of at least 4 members (excludes halogenated alkanes) is 2. The highest BCUT2D eigenvalue weighted by molar-refractivity contribution is 7.44. The molecule has 24 heavy (non-hydrogen) atoms. The van der Waals surface area contributed by atoms with Crippen LogP contribution in [0.3, 0.4) is 0 Å². The van der Waals surface area contributed by atoms with Gasteiger partial charge >= 0.3 is 0 Å². The Morgan fingerprint density at radius 3 is 2.42 bits per heavy atom. The minimum absolute atomic E-state index is 0.0353. The number of quaternary nitrogens is 1. The standard InChI is InChI=1S/C15H34N3O5P/c1-3-18(4-2,13-14-23-24(20,21)22)12-8-11-17-15(19)9-6-5-7-10-16/h3-14,16H2,1-2H3,(H2-,17,19,20,21,22). The number of nitrogens with zero attached hydrogens (tertiary/aromatic N) is 1. The Bertz CT molecular complexity index is 385. The maximum atomic E-state index is 11.7. The van der Waals surface area contributed by atoms with E-state index in [9.17, 15) is 14.3 Å². The predicted molar refractivity (Wildman–Crippen MR) is 92.0 cm³/mol. The van der Waals surface area contributed by atoms with E-state index in [-0.39, 0.29) is 12.5 Å². The van der Waals surface area contributed by atoms with Gasteiger partial charge in [-0.25, -0.2) is 0 Å². The van der Waals surface area contributed by atoms with Crippen molar-refractivity contribution in [3.05, 3.63) is 0 Å². The third-order valence-electron chi connectivity index (χ3n) is 4.40. The molecular formula is C15H34N3O5P. The summed E-state index contributed by atoms with van der Waals surface area (Å²) in [5.74, 6) is 0.0639. The van der Waals surface area contributed by atoms with E-state index in [0.717, 1.165) is 45.3 Å². The van der Waals surface area contributed by atoms with Crippen LogP contribution in [0.4, 0.5) is 0 Å². The Hall–Kier alpha value is -0.500. The second-order valence-corrected chi connectivity index (χ2v) is 7.22. The fourth-order valence-electron chi connectivity index (χ4n) is 2.66. The molecule has 0 radical (unpaired) electrons. The molecule has 0 aromatic rings. The van der Waals surface area contributed by atoms with E-state index in [2.05, 4.69) is 9.84 Å². The third-order valence-corrected chi connectivity index (χ3v) is 4.91. The van der Waals surface area contributed by atoms with E-state index < -0.39 is 7.82 Å². The molecule has 9 heteroatoms. The van der Waals surface area contributed by atoms with Gasteiger partial charge in [-0.1, -0.05) is 6.42 Å². The Morgan fingerprint density at radius 1 is 1.21 bits per heavy atom. The van der Waals surface area contributed by atoms with Crippen molar-refractivity contribution in [3.63, 3.8) is 0 Å². The number of carbonyl (C=O) groups excluding carboxylic acids is 1. The molecule has 8 nitrogen and oxygen atoms in total. The Labute approximate surface area is 145 Å². The molecule has 1 unspecified atom stereocenters. The summed E-state index contributed by atoms with van der Waals surface area (Å²) in [5, 5.41) is 2.91. The van der Waals surface area contributed by atoms with Gasteiger partial charge in [0.25, 0.3) is 7.82 Å². The molecule has 0 aliphatic rings. The highest BCUT2D eigenvalue weighted by Gasteiger charge is 2.23. The van der Waals surface area contributed by atoms with E-state index in [4.69, 9.17) is 10.6 Å². The van der Waals surface area contributed by atoms with Gasteiger partial charge < -0.3 is 29.8 Å². The van der Waals surface area contributed by atoms with Crippen molar-refractivity contribution in [2.45, 2.75) is 46.0 Å². The average Bonchev–Trinajstić information content (AvgIpc) is 2.53. The van der Waals surface area contributed by atoms with Crippen LogP contribution in [0.15, 0.2) is 0 Å². The van der Waals surface area contributed by atoms with E-state index in [1.54, 1.807) is 0 Å². The molecule has 0 aromatic heterocycles. The summed E-state index contributed by atoms with van der Waals surface area (Å²) >= 11 is 0. The molecule has 0 aromatic carbocycles. The third kappa shape index (κ3) is 11.9. The highest BCUT2D eigenvalue weighted by atomic mass is 31.2. The van der Waals surface area contributed by atoms with Crippen LogP contribution in [0.25, 0.3) is 0 Å². The van der Waals surface area contributed by atoms with E-state index in [0.29, 0.717) is 30.5 Å². The summed E-state index contributed by atoms with van der Waals surface area (Å²) in [6.45, 7) is 8.30. The quantitative estimate of drug-likeness (QED) is 0.218. The number of likely N-dealkylation sites (N-methyl/N-ethyl adjacent to an activating group) is 1. The predicted octanol–water partition coefficient (Wildman–Crippen LogP) is 0.346. The zero-order valence-corrected chi connectivity index (χ0v) is 15.9. The van der Waals surface area contributed by atoms with Crippen LogP contribution in [0.1, 0.15) is 46.0 Å². The zero-order chi connectivity index (χ0) is 18.5. The molecule has 144 valence electrons. The van der Waals surface area contributed by atoms with Crippen LogP contribution in [-0.4, -0.2) is 61.2 Å². The van der Waals surface area contributed by atoms with E-state index in [1.165, 1.54) is 0 Å².